The molecule has 0 spiro atoms. The number of nitrogens with zero attached hydrogens (tertiary/aromatic N) is 4. The van der Waals surface area contributed by atoms with Crippen LogP contribution in [0.1, 0.15) is 61.4 Å². The monoisotopic (exact) mass is 519 g/mol. The van der Waals surface area contributed by atoms with Crippen LogP contribution in [-0.2, 0) is 9.53 Å². The molecule has 1 fully saturated rings. The summed E-state index contributed by atoms with van der Waals surface area (Å²) in [4.78, 5) is 21.0. The normalized spacial score (nSPS) is 17.1. The highest BCUT2D eigenvalue weighted by Gasteiger charge is 2.41. The van der Waals surface area contributed by atoms with Crippen molar-refractivity contribution in [2.24, 2.45) is 0 Å². The van der Waals surface area contributed by atoms with Gasteiger partial charge in [0.25, 0.3) is 0 Å². The number of hydrogen-bond donors (Lipinski definition) is 1. The summed E-state index contributed by atoms with van der Waals surface area (Å²) < 4.78 is 7.16. The Labute approximate surface area is 225 Å². The standard InChI is InChI=1S/C29H37N5O2S/c1-6-32(7-2)22-13-15-23(16-14-22)34-20(3)19-24(21(34)4)28-27(25-11-8-9-17-30-25)31-29(37)33(28)18-10-12-26(35)36-5/h8-9,11,13-17,19,27-28H,6-7,10,12,18H2,1-5H3,(H,31,37)/t27-,28-/m0/s1. The van der Waals surface area contributed by atoms with Crippen molar-refractivity contribution in [3.8, 4) is 5.69 Å². The molecule has 0 bridgehead atoms. The van der Waals surface area contributed by atoms with Crippen LogP contribution in [0, 0.1) is 13.8 Å². The molecule has 4 rings (SSSR count). The van der Waals surface area contributed by atoms with Crippen molar-refractivity contribution < 1.29 is 9.53 Å². The topological polar surface area (TPSA) is 62.6 Å². The van der Waals surface area contributed by atoms with E-state index in [-0.39, 0.29) is 18.1 Å². The molecule has 0 aliphatic carbocycles. The Kier molecular flexibility index (Phi) is 8.48. The second kappa shape index (κ2) is 11.8. The van der Waals surface area contributed by atoms with E-state index in [1.807, 2.05) is 24.4 Å². The molecule has 37 heavy (non-hydrogen) atoms. The minimum absolute atomic E-state index is 0.0463. The van der Waals surface area contributed by atoms with Gasteiger partial charge in [0.05, 0.1) is 24.9 Å². The fraction of sp³-hybridized carbons (Fsp3) is 0.414. The first-order valence-corrected chi connectivity index (χ1v) is 13.4. The molecule has 7 nitrogen and oxygen atoms in total. The van der Waals surface area contributed by atoms with Crippen LogP contribution in [0.25, 0.3) is 5.69 Å². The first-order chi connectivity index (χ1) is 17.9. The van der Waals surface area contributed by atoms with Crippen LogP contribution in [0.15, 0.2) is 54.7 Å². The Morgan fingerprint density at radius 2 is 1.86 bits per heavy atom. The maximum absolute atomic E-state index is 11.8. The van der Waals surface area contributed by atoms with Gasteiger partial charge in [-0.3, -0.25) is 9.78 Å². The third-order valence-electron chi connectivity index (χ3n) is 7.23. The van der Waals surface area contributed by atoms with Crippen LogP contribution >= 0.6 is 12.2 Å². The van der Waals surface area contributed by atoms with E-state index in [0.717, 1.165) is 30.2 Å². The van der Waals surface area contributed by atoms with E-state index in [0.29, 0.717) is 24.5 Å². The number of pyridine rings is 1. The lowest BCUT2D eigenvalue weighted by Gasteiger charge is -2.28. The van der Waals surface area contributed by atoms with Crippen LogP contribution < -0.4 is 10.2 Å². The number of nitrogens with one attached hydrogen (secondary N) is 1. The van der Waals surface area contributed by atoms with Crippen LogP contribution in [0.4, 0.5) is 5.69 Å². The highest BCUT2D eigenvalue weighted by atomic mass is 32.1. The fourth-order valence-corrected chi connectivity index (χ4v) is 5.70. The number of benzene rings is 1. The Morgan fingerprint density at radius 1 is 1.14 bits per heavy atom. The average molecular weight is 520 g/mol. The van der Waals surface area contributed by atoms with E-state index in [4.69, 9.17) is 17.0 Å². The first-order valence-electron chi connectivity index (χ1n) is 13.0. The summed E-state index contributed by atoms with van der Waals surface area (Å²) in [6.07, 6.45) is 2.83. The molecule has 3 aromatic rings. The van der Waals surface area contributed by atoms with E-state index in [1.165, 1.54) is 24.1 Å². The summed E-state index contributed by atoms with van der Waals surface area (Å²) in [5.41, 5.74) is 6.84. The zero-order chi connectivity index (χ0) is 26.5. The van der Waals surface area contributed by atoms with Crippen LogP contribution in [0.5, 0.6) is 0 Å². The predicted octanol–water partition coefficient (Wildman–Crippen LogP) is 5.26. The molecule has 0 saturated carbocycles. The summed E-state index contributed by atoms with van der Waals surface area (Å²) >= 11 is 5.80. The molecule has 3 heterocycles. The summed E-state index contributed by atoms with van der Waals surface area (Å²) in [5, 5.41) is 4.19. The number of carbonyl (C=O) groups is 1. The molecule has 2 aromatic heterocycles. The number of hydrogen-bond acceptors (Lipinski definition) is 5. The zero-order valence-electron chi connectivity index (χ0n) is 22.4. The van der Waals surface area contributed by atoms with Crippen molar-refractivity contribution in [1.82, 2.24) is 19.8 Å². The quantitative estimate of drug-likeness (QED) is 0.290. The van der Waals surface area contributed by atoms with Gasteiger partial charge in [-0.2, -0.15) is 0 Å². The number of carbonyl (C=O) groups excluding carboxylic acids is 1. The number of thiocarbonyl (C=S) groups is 1. The SMILES string of the molecule is CCN(CC)c1ccc(-n2c(C)cc([C@H]3[C@H](c4ccccn4)NC(=S)N3CCCC(=O)OC)c2C)cc1. The van der Waals surface area contributed by atoms with Crippen LogP contribution in [-0.4, -0.2) is 52.3 Å². The van der Waals surface area contributed by atoms with Gasteiger partial charge in [0.2, 0.25) is 0 Å². The third kappa shape index (κ3) is 5.49. The van der Waals surface area contributed by atoms with Gasteiger partial charge < -0.3 is 24.4 Å². The molecule has 1 aliphatic rings. The summed E-state index contributed by atoms with van der Waals surface area (Å²) in [6.45, 7) is 11.3. The zero-order valence-corrected chi connectivity index (χ0v) is 23.2. The largest absolute Gasteiger partial charge is 0.469 e. The van der Waals surface area contributed by atoms with Crippen LogP contribution in [0.3, 0.4) is 0 Å². The first kappa shape index (κ1) is 26.7. The van der Waals surface area contributed by atoms with Crippen molar-refractivity contribution >= 4 is 29.0 Å². The minimum atomic E-state index is -0.206. The maximum atomic E-state index is 11.8. The van der Waals surface area contributed by atoms with E-state index >= 15 is 0 Å². The van der Waals surface area contributed by atoms with Crippen molar-refractivity contribution in [1.29, 1.82) is 0 Å². The number of anilines is 1. The van der Waals surface area contributed by atoms with Crippen molar-refractivity contribution in [3.05, 3.63) is 77.4 Å². The molecule has 0 radical (unpaired) electrons. The van der Waals surface area contributed by atoms with Gasteiger partial charge >= 0.3 is 5.97 Å². The van der Waals surface area contributed by atoms with Crippen molar-refractivity contribution in [3.63, 3.8) is 0 Å². The molecule has 1 aromatic carbocycles. The van der Waals surface area contributed by atoms with Gasteiger partial charge in [-0.05, 0) is 94.4 Å². The second-order valence-electron chi connectivity index (χ2n) is 9.35. The Bertz CT molecular complexity index is 1220. The predicted molar refractivity (Wildman–Crippen MR) is 152 cm³/mol. The number of aromatic nitrogens is 2. The minimum Gasteiger partial charge on any atom is -0.469 e. The highest BCUT2D eigenvalue weighted by molar-refractivity contribution is 7.80. The smallest absolute Gasteiger partial charge is 0.305 e. The van der Waals surface area contributed by atoms with Gasteiger partial charge in [-0.15, -0.1) is 0 Å². The second-order valence-corrected chi connectivity index (χ2v) is 9.74. The van der Waals surface area contributed by atoms with Gasteiger partial charge in [-0.1, -0.05) is 6.07 Å². The molecule has 1 saturated heterocycles. The lowest BCUT2D eigenvalue weighted by Crippen LogP contribution is -2.31. The number of esters is 1. The summed E-state index contributed by atoms with van der Waals surface area (Å²) in [7, 11) is 1.42. The number of rotatable bonds is 10. The van der Waals surface area contributed by atoms with Crippen LogP contribution in [0.2, 0.25) is 0 Å². The fourth-order valence-electron chi connectivity index (χ4n) is 5.37. The molecule has 2 atom stereocenters. The molecule has 0 unspecified atom stereocenters. The Hall–Kier alpha value is -3.39. The molecule has 0 amide bonds. The van der Waals surface area contributed by atoms with E-state index in [9.17, 15) is 4.79 Å². The van der Waals surface area contributed by atoms with E-state index in [2.05, 4.69) is 82.7 Å². The van der Waals surface area contributed by atoms with E-state index in [1.54, 1.807) is 0 Å². The van der Waals surface area contributed by atoms with Crippen molar-refractivity contribution in [2.75, 3.05) is 31.6 Å². The molecule has 196 valence electrons. The summed E-state index contributed by atoms with van der Waals surface area (Å²) in [5.74, 6) is -0.206. The number of aryl methyl sites for hydroxylation is 1. The average Bonchev–Trinajstić information content (AvgIpc) is 3.40. The highest BCUT2D eigenvalue weighted by Crippen LogP contribution is 2.41. The van der Waals surface area contributed by atoms with Crippen molar-refractivity contribution in [2.45, 2.75) is 52.6 Å². The maximum Gasteiger partial charge on any atom is 0.305 e. The summed E-state index contributed by atoms with van der Waals surface area (Å²) in [6, 6.07) is 16.9. The lowest BCUT2D eigenvalue weighted by atomic mass is 9.96. The van der Waals surface area contributed by atoms with E-state index < -0.39 is 0 Å². The number of methoxy groups -OCH3 is 1. The van der Waals surface area contributed by atoms with Gasteiger partial charge in [0.1, 0.15) is 0 Å². The number of ether oxygens (including phenoxy) is 1. The van der Waals surface area contributed by atoms with Gasteiger partial charge in [0.15, 0.2) is 5.11 Å². The molecule has 8 heteroatoms. The molecular weight excluding hydrogens is 482 g/mol. The Morgan fingerprint density at radius 3 is 2.49 bits per heavy atom. The molecular formula is C29H37N5O2S. The molecule has 1 aliphatic heterocycles. The Balaban J connectivity index is 1.71. The lowest BCUT2D eigenvalue weighted by molar-refractivity contribution is -0.140. The van der Waals surface area contributed by atoms with Gasteiger partial charge in [0, 0.05) is 55.0 Å². The van der Waals surface area contributed by atoms with Gasteiger partial charge in [-0.25, -0.2) is 0 Å². The molecule has 1 N–H and O–H groups in total. The third-order valence-corrected chi connectivity index (χ3v) is 7.58.